The highest BCUT2D eigenvalue weighted by Crippen LogP contribution is 2.24. The molecule has 1 rings (SSSR count). The molecule has 0 amide bonds. The van der Waals surface area contributed by atoms with E-state index in [9.17, 15) is 4.39 Å². The van der Waals surface area contributed by atoms with Gasteiger partial charge in [-0.3, -0.25) is 0 Å². The molecule has 0 spiro atoms. The minimum atomic E-state index is -0.275. The van der Waals surface area contributed by atoms with Crippen molar-refractivity contribution in [1.82, 2.24) is 0 Å². The first-order valence-electron chi connectivity index (χ1n) is 4.71. The lowest BCUT2D eigenvalue weighted by atomic mass is 9.97. The summed E-state index contributed by atoms with van der Waals surface area (Å²) in [5.74, 6) is 0.172. The van der Waals surface area contributed by atoms with E-state index < -0.39 is 0 Å². The monoisotopic (exact) mass is 215 g/mol. The third kappa shape index (κ3) is 2.96. The molecule has 0 aliphatic heterocycles. The molecule has 0 radical (unpaired) electrons. The second-order valence-electron chi connectivity index (χ2n) is 3.90. The van der Waals surface area contributed by atoms with Crippen molar-refractivity contribution in [3.8, 4) is 0 Å². The third-order valence-corrected chi connectivity index (χ3v) is 2.32. The first-order valence-corrected chi connectivity index (χ1v) is 5.09. The van der Waals surface area contributed by atoms with Crippen molar-refractivity contribution < 1.29 is 4.39 Å². The average Bonchev–Trinajstić information content (AvgIpc) is 2.08. The van der Waals surface area contributed by atoms with E-state index in [-0.39, 0.29) is 11.9 Å². The number of hydrogen-bond acceptors (Lipinski definition) is 1. The summed E-state index contributed by atoms with van der Waals surface area (Å²) in [6.45, 7) is 4.12. The van der Waals surface area contributed by atoms with Crippen molar-refractivity contribution in [2.75, 3.05) is 0 Å². The predicted octanol–water partition coefficient (Wildman–Crippen LogP) is 3.53. The second-order valence-corrected chi connectivity index (χ2v) is 4.34. The van der Waals surface area contributed by atoms with Gasteiger partial charge in [0.1, 0.15) is 5.82 Å². The SMILES string of the molecule is CC(C)C[C@H](N)c1cc(Cl)ccc1F. The highest BCUT2D eigenvalue weighted by Gasteiger charge is 2.13. The van der Waals surface area contributed by atoms with Gasteiger partial charge in [0.25, 0.3) is 0 Å². The van der Waals surface area contributed by atoms with E-state index in [1.54, 1.807) is 6.07 Å². The summed E-state index contributed by atoms with van der Waals surface area (Å²) in [6.07, 6.45) is 0.761. The van der Waals surface area contributed by atoms with Gasteiger partial charge in [-0.2, -0.15) is 0 Å². The van der Waals surface area contributed by atoms with Gasteiger partial charge in [0.2, 0.25) is 0 Å². The van der Waals surface area contributed by atoms with Crippen LogP contribution in [0, 0.1) is 11.7 Å². The van der Waals surface area contributed by atoms with Gasteiger partial charge in [0.05, 0.1) is 0 Å². The Morgan fingerprint density at radius 2 is 2.07 bits per heavy atom. The van der Waals surface area contributed by atoms with Crippen LogP contribution in [-0.4, -0.2) is 0 Å². The van der Waals surface area contributed by atoms with Crippen LogP contribution in [0.4, 0.5) is 4.39 Å². The summed E-state index contributed by atoms with van der Waals surface area (Å²) in [6, 6.07) is 4.22. The Kier molecular flexibility index (Phi) is 3.90. The smallest absolute Gasteiger partial charge is 0.128 e. The van der Waals surface area contributed by atoms with Gasteiger partial charge in [-0.05, 0) is 30.5 Å². The summed E-state index contributed by atoms with van der Waals surface area (Å²) >= 11 is 5.78. The third-order valence-electron chi connectivity index (χ3n) is 2.08. The number of benzene rings is 1. The Labute approximate surface area is 89.1 Å². The number of hydrogen-bond donors (Lipinski definition) is 1. The molecule has 0 aliphatic rings. The van der Waals surface area contributed by atoms with Crippen molar-refractivity contribution in [2.45, 2.75) is 26.3 Å². The maximum atomic E-state index is 13.3. The summed E-state index contributed by atoms with van der Waals surface area (Å²) < 4.78 is 13.3. The van der Waals surface area contributed by atoms with Gasteiger partial charge in [0, 0.05) is 16.6 Å². The van der Waals surface area contributed by atoms with Crippen molar-refractivity contribution >= 4 is 11.6 Å². The van der Waals surface area contributed by atoms with Crippen molar-refractivity contribution in [2.24, 2.45) is 11.7 Å². The molecule has 0 bridgehead atoms. The van der Waals surface area contributed by atoms with Gasteiger partial charge < -0.3 is 5.73 Å². The Bertz CT molecular complexity index is 312. The fourth-order valence-electron chi connectivity index (χ4n) is 1.43. The van der Waals surface area contributed by atoms with Crippen LogP contribution in [0.3, 0.4) is 0 Å². The largest absolute Gasteiger partial charge is 0.324 e. The Hall–Kier alpha value is -0.600. The molecular formula is C11H15ClFN. The van der Waals surface area contributed by atoms with Crippen LogP contribution in [0.1, 0.15) is 31.9 Å². The molecule has 0 heterocycles. The van der Waals surface area contributed by atoms with Gasteiger partial charge in [0.15, 0.2) is 0 Å². The van der Waals surface area contributed by atoms with Gasteiger partial charge in [-0.25, -0.2) is 4.39 Å². The van der Waals surface area contributed by atoms with Crippen molar-refractivity contribution in [3.63, 3.8) is 0 Å². The Balaban J connectivity index is 2.88. The van der Waals surface area contributed by atoms with Gasteiger partial charge >= 0.3 is 0 Å². The Morgan fingerprint density at radius 1 is 1.43 bits per heavy atom. The fraction of sp³-hybridized carbons (Fsp3) is 0.455. The minimum absolute atomic E-state index is 0.270. The van der Waals surface area contributed by atoms with Crippen LogP contribution in [0.5, 0.6) is 0 Å². The number of halogens is 2. The zero-order valence-corrected chi connectivity index (χ0v) is 9.18. The molecule has 1 aromatic carbocycles. The van der Waals surface area contributed by atoms with E-state index in [4.69, 9.17) is 17.3 Å². The molecule has 1 atom stereocenters. The molecular weight excluding hydrogens is 201 g/mol. The van der Waals surface area contributed by atoms with Gasteiger partial charge in [-0.15, -0.1) is 0 Å². The molecule has 0 aliphatic carbocycles. The minimum Gasteiger partial charge on any atom is -0.324 e. The molecule has 1 nitrogen and oxygen atoms in total. The highest BCUT2D eigenvalue weighted by atomic mass is 35.5. The number of rotatable bonds is 3. The maximum Gasteiger partial charge on any atom is 0.128 e. The normalized spacial score (nSPS) is 13.3. The van der Waals surface area contributed by atoms with E-state index >= 15 is 0 Å². The van der Waals surface area contributed by atoms with Crippen molar-refractivity contribution in [1.29, 1.82) is 0 Å². The molecule has 0 aromatic heterocycles. The molecule has 3 heteroatoms. The van der Waals surface area contributed by atoms with Crippen LogP contribution >= 0.6 is 11.6 Å². The average molecular weight is 216 g/mol. The molecule has 2 N–H and O–H groups in total. The van der Waals surface area contributed by atoms with Crippen molar-refractivity contribution in [3.05, 3.63) is 34.6 Å². The molecule has 78 valence electrons. The van der Waals surface area contributed by atoms with Crippen LogP contribution in [-0.2, 0) is 0 Å². The van der Waals surface area contributed by atoms with Crippen LogP contribution in [0.25, 0.3) is 0 Å². The first-order chi connectivity index (χ1) is 6.50. The Morgan fingerprint density at radius 3 is 2.64 bits per heavy atom. The zero-order valence-electron chi connectivity index (χ0n) is 8.43. The summed E-state index contributed by atoms with van der Waals surface area (Å²) in [7, 11) is 0. The fourth-order valence-corrected chi connectivity index (χ4v) is 1.61. The van der Waals surface area contributed by atoms with Crippen LogP contribution < -0.4 is 5.73 Å². The molecule has 1 aromatic rings. The molecule has 14 heavy (non-hydrogen) atoms. The summed E-state index contributed by atoms with van der Waals surface area (Å²) in [5.41, 5.74) is 6.37. The van der Waals surface area contributed by atoms with E-state index in [0.29, 0.717) is 16.5 Å². The number of nitrogens with two attached hydrogens (primary N) is 1. The summed E-state index contributed by atoms with van der Waals surface area (Å²) in [5, 5.41) is 0.528. The second kappa shape index (κ2) is 4.76. The lowest BCUT2D eigenvalue weighted by molar-refractivity contribution is 0.489. The standard InChI is InChI=1S/C11H15ClFN/c1-7(2)5-11(14)9-6-8(12)3-4-10(9)13/h3-4,6-7,11H,5,14H2,1-2H3/t11-/m0/s1. The van der Waals surface area contributed by atoms with Crippen LogP contribution in [0.2, 0.25) is 5.02 Å². The summed E-state index contributed by atoms with van der Waals surface area (Å²) in [4.78, 5) is 0. The van der Waals surface area contributed by atoms with Gasteiger partial charge in [-0.1, -0.05) is 25.4 Å². The molecule has 0 fully saturated rings. The van der Waals surface area contributed by atoms with E-state index in [2.05, 4.69) is 13.8 Å². The van der Waals surface area contributed by atoms with E-state index in [1.807, 2.05) is 0 Å². The molecule has 0 unspecified atom stereocenters. The topological polar surface area (TPSA) is 26.0 Å². The lowest BCUT2D eigenvalue weighted by Gasteiger charge is -2.15. The zero-order chi connectivity index (χ0) is 10.7. The van der Waals surface area contributed by atoms with E-state index in [1.165, 1.54) is 12.1 Å². The predicted molar refractivity (Wildman–Crippen MR) is 57.8 cm³/mol. The van der Waals surface area contributed by atoms with E-state index in [0.717, 1.165) is 6.42 Å². The highest BCUT2D eigenvalue weighted by molar-refractivity contribution is 6.30. The lowest BCUT2D eigenvalue weighted by Crippen LogP contribution is -2.14. The molecule has 0 saturated carbocycles. The quantitative estimate of drug-likeness (QED) is 0.820. The van der Waals surface area contributed by atoms with Crippen LogP contribution in [0.15, 0.2) is 18.2 Å². The molecule has 0 saturated heterocycles. The first kappa shape index (κ1) is 11.5. The maximum absolute atomic E-state index is 13.3.